The van der Waals surface area contributed by atoms with Gasteiger partial charge in [-0.1, -0.05) is 36.4 Å². The fourth-order valence-corrected chi connectivity index (χ4v) is 3.77. The van der Waals surface area contributed by atoms with Crippen molar-refractivity contribution in [3.05, 3.63) is 70.0 Å². The van der Waals surface area contributed by atoms with Gasteiger partial charge in [0, 0.05) is 13.1 Å². The summed E-state index contributed by atoms with van der Waals surface area (Å²) in [5.41, 5.74) is 9.52. The molecule has 3 rings (SSSR count). The normalized spacial score (nSPS) is 10.7. The molecule has 2 aromatic carbocycles. The number of aromatic nitrogens is 2. The van der Waals surface area contributed by atoms with Gasteiger partial charge >= 0.3 is 0 Å². The number of hydrogen-bond donors (Lipinski definition) is 1. The van der Waals surface area contributed by atoms with E-state index < -0.39 is 0 Å². The molecule has 3 aromatic rings. The lowest BCUT2D eigenvalue weighted by molar-refractivity contribution is 0.0768. The fraction of sp³-hybridized carbons (Fsp3) is 0.261. The van der Waals surface area contributed by atoms with Crippen LogP contribution in [0, 0.1) is 6.92 Å². The Labute approximate surface area is 185 Å². The molecule has 1 heterocycles. The molecule has 7 heteroatoms. The van der Waals surface area contributed by atoms with Crippen LogP contribution in [0.2, 0.25) is 0 Å². The Kier molecular flexibility index (Phi) is 7.05. The minimum atomic E-state index is -0.116. The lowest BCUT2D eigenvalue weighted by atomic mass is 10.1. The summed E-state index contributed by atoms with van der Waals surface area (Å²) in [6.45, 7) is 6.97. The Hall–Kier alpha value is -2.93. The second-order valence-electron chi connectivity index (χ2n) is 6.77. The molecule has 0 saturated carbocycles. The third kappa shape index (κ3) is 4.79. The summed E-state index contributed by atoms with van der Waals surface area (Å²) in [6, 6.07) is 16.0. The van der Waals surface area contributed by atoms with Crippen LogP contribution in [0.4, 0.5) is 5.95 Å². The monoisotopic (exact) mass is 468 g/mol. The highest BCUT2D eigenvalue weighted by atomic mass is 79.9. The largest absolute Gasteiger partial charge is 0.486 e. The van der Waals surface area contributed by atoms with Gasteiger partial charge in [0.25, 0.3) is 5.91 Å². The molecular weight excluding hydrogens is 444 g/mol. The van der Waals surface area contributed by atoms with Gasteiger partial charge < -0.3 is 15.4 Å². The highest BCUT2D eigenvalue weighted by Gasteiger charge is 2.22. The number of amides is 1. The van der Waals surface area contributed by atoms with E-state index in [1.165, 1.54) is 0 Å². The van der Waals surface area contributed by atoms with Crippen LogP contribution in [0.5, 0.6) is 5.75 Å². The standard InChI is InChI=1S/C23H25BrN4O2/c1-4-28(5-2)22(29)21-15(3)26-23(25)27-19(21)14-30-20-12-11-17(13-18(20)24)16-9-7-6-8-10-16/h6-13H,4-5,14H2,1-3H3,(H2,25,26,27). The number of ether oxygens (including phenoxy) is 1. The van der Waals surface area contributed by atoms with E-state index in [1.807, 2.05) is 50.2 Å². The van der Waals surface area contributed by atoms with Crippen molar-refractivity contribution < 1.29 is 9.53 Å². The number of carbonyl (C=O) groups is 1. The van der Waals surface area contributed by atoms with Crippen molar-refractivity contribution in [3.8, 4) is 16.9 Å². The average Bonchev–Trinajstić information content (AvgIpc) is 2.73. The molecule has 6 nitrogen and oxygen atoms in total. The lowest BCUT2D eigenvalue weighted by Crippen LogP contribution is -2.32. The van der Waals surface area contributed by atoms with E-state index in [2.05, 4.69) is 38.0 Å². The fourth-order valence-electron chi connectivity index (χ4n) is 3.28. The maximum absolute atomic E-state index is 13.0. The number of benzene rings is 2. The van der Waals surface area contributed by atoms with Gasteiger partial charge in [0.05, 0.1) is 21.4 Å². The molecule has 0 spiro atoms. The molecule has 1 amide bonds. The zero-order valence-corrected chi connectivity index (χ0v) is 18.9. The molecule has 0 aliphatic rings. The molecule has 0 aliphatic carbocycles. The zero-order valence-electron chi connectivity index (χ0n) is 17.4. The number of hydrogen-bond acceptors (Lipinski definition) is 5. The van der Waals surface area contributed by atoms with Crippen molar-refractivity contribution in [3.63, 3.8) is 0 Å². The van der Waals surface area contributed by atoms with Crippen molar-refractivity contribution >= 4 is 27.8 Å². The molecule has 0 atom stereocenters. The van der Waals surface area contributed by atoms with Crippen LogP contribution >= 0.6 is 15.9 Å². The van der Waals surface area contributed by atoms with Gasteiger partial charge in [-0.15, -0.1) is 0 Å². The molecule has 1 aromatic heterocycles. The van der Waals surface area contributed by atoms with E-state index >= 15 is 0 Å². The molecule has 0 saturated heterocycles. The van der Waals surface area contributed by atoms with E-state index in [9.17, 15) is 4.79 Å². The highest BCUT2D eigenvalue weighted by Crippen LogP contribution is 2.31. The molecule has 0 fully saturated rings. The number of rotatable bonds is 7. The number of halogens is 1. The van der Waals surface area contributed by atoms with Gasteiger partial charge in [0.15, 0.2) is 0 Å². The first-order valence-corrected chi connectivity index (χ1v) is 10.6. The average molecular weight is 469 g/mol. The lowest BCUT2D eigenvalue weighted by Gasteiger charge is -2.21. The Balaban J connectivity index is 1.86. The van der Waals surface area contributed by atoms with Gasteiger partial charge in [-0.25, -0.2) is 9.97 Å². The molecule has 0 aliphatic heterocycles. The van der Waals surface area contributed by atoms with Crippen molar-refractivity contribution in [1.82, 2.24) is 14.9 Å². The number of nitrogens with two attached hydrogens (primary N) is 1. The predicted octanol–water partition coefficient (Wildman–Crippen LogP) is 4.86. The summed E-state index contributed by atoms with van der Waals surface area (Å²) in [5.74, 6) is 0.668. The van der Waals surface area contributed by atoms with Gasteiger partial charge in [-0.05, 0) is 60.0 Å². The SMILES string of the molecule is CCN(CC)C(=O)c1c(C)nc(N)nc1COc1ccc(-c2ccccc2)cc1Br. The van der Waals surface area contributed by atoms with Crippen LogP contribution in [0.3, 0.4) is 0 Å². The highest BCUT2D eigenvalue weighted by molar-refractivity contribution is 9.10. The van der Waals surface area contributed by atoms with Crippen LogP contribution in [0.1, 0.15) is 35.6 Å². The molecular formula is C23H25BrN4O2. The number of anilines is 1. The van der Waals surface area contributed by atoms with Crippen molar-refractivity contribution in [2.45, 2.75) is 27.4 Å². The number of nitrogens with zero attached hydrogens (tertiary/aromatic N) is 3. The Morgan fingerprint density at radius 3 is 2.40 bits per heavy atom. The van der Waals surface area contributed by atoms with Crippen LogP contribution in [-0.4, -0.2) is 33.9 Å². The summed E-state index contributed by atoms with van der Waals surface area (Å²) < 4.78 is 6.82. The summed E-state index contributed by atoms with van der Waals surface area (Å²) in [4.78, 5) is 23.2. The van der Waals surface area contributed by atoms with Gasteiger partial charge in [-0.2, -0.15) is 0 Å². The maximum Gasteiger partial charge on any atom is 0.257 e. The number of nitrogen functional groups attached to an aromatic ring is 1. The van der Waals surface area contributed by atoms with E-state index in [1.54, 1.807) is 11.8 Å². The van der Waals surface area contributed by atoms with Crippen molar-refractivity contribution in [1.29, 1.82) is 0 Å². The van der Waals surface area contributed by atoms with Crippen LogP contribution in [-0.2, 0) is 6.61 Å². The maximum atomic E-state index is 13.0. The van der Waals surface area contributed by atoms with E-state index in [0.717, 1.165) is 15.6 Å². The van der Waals surface area contributed by atoms with Crippen molar-refractivity contribution in [2.24, 2.45) is 0 Å². The van der Waals surface area contributed by atoms with Gasteiger partial charge in [-0.3, -0.25) is 4.79 Å². The quantitative estimate of drug-likeness (QED) is 0.535. The molecule has 0 radical (unpaired) electrons. The second-order valence-corrected chi connectivity index (χ2v) is 7.62. The first kappa shape index (κ1) is 21.8. The van der Waals surface area contributed by atoms with Crippen LogP contribution in [0.15, 0.2) is 53.0 Å². The van der Waals surface area contributed by atoms with Gasteiger partial charge in [0.1, 0.15) is 12.4 Å². The zero-order chi connectivity index (χ0) is 21.7. The third-order valence-electron chi connectivity index (χ3n) is 4.85. The molecule has 0 unspecified atom stereocenters. The van der Waals surface area contributed by atoms with E-state index in [0.29, 0.717) is 35.8 Å². The van der Waals surface area contributed by atoms with Crippen LogP contribution < -0.4 is 10.5 Å². The Morgan fingerprint density at radius 1 is 1.07 bits per heavy atom. The summed E-state index contributed by atoms with van der Waals surface area (Å²) in [6.07, 6.45) is 0. The molecule has 156 valence electrons. The minimum absolute atomic E-state index is 0.110. The topological polar surface area (TPSA) is 81.3 Å². The van der Waals surface area contributed by atoms with Crippen molar-refractivity contribution in [2.75, 3.05) is 18.8 Å². The predicted molar refractivity (Wildman–Crippen MR) is 122 cm³/mol. The first-order chi connectivity index (χ1) is 14.4. The van der Waals surface area contributed by atoms with E-state index in [-0.39, 0.29) is 18.5 Å². The Bertz CT molecular complexity index is 1040. The number of aryl methyl sites for hydroxylation is 1. The smallest absolute Gasteiger partial charge is 0.257 e. The summed E-state index contributed by atoms with van der Waals surface area (Å²) in [7, 11) is 0. The minimum Gasteiger partial charge on any atom is -0.486 e. The number of carbonyl (C=O) groups excluding carboxylic acids is 1. The second kappa shape index (κ2) is 9.71. The van der Waals surface area contributed by atoms with E-state index in [4.69, 9.17) is 10.5 Å². The molecule has 30 heavy (non-hydrogen) atoms. The molecule has 2 N–H and O–H groups in total. The van der Waals surface area contributed by atoms with Gasteiger partial charge in [0.2, 0.25) is 5.95 Å². The first-order valence-electron chi connectivity index (χ1n) is 9.84. The molecule has 0 bridgehead atoms. The Morgan fingerprint density at radius 2 is 1.77 bits per heavy atom. The van der Waals surface area contributed by atoms with Crippen LogP contribution in [0.25, 0.3) is 11.1 Å². The third-order valence-corrected chi connectivity index (χ3v) is 5.47. The summed E-state index contributed by atoms with van der Waals surface area (Å²) >= 11 is 3.58. The summed E-state index contributed by atoms with van der Waals surface area (Å²) in [5, 5.41) is 0.